The van der Waals surface area contributed by atoms with Gasteiger partial charge in [0.25, 0.3) is 0 Å². The highest BCUT2D eigenvalue weighted by atomic mass is 79.9. The van der Waals surface area contributed by atoms with Crippen LogP contribution in [-0.2, 0) is 11.3 Å². The Morgan fingerprint density at radius 3 is 2.73 bits per heavy atom. The fraction of sp³-hybridized carbons (Fsp3) is 0.400. The van der Waals surface area contributed by atoms with Crippen molar-refractivity contribution in [3.05, 3.63) is 27.7 Å². The second-order valence-electron chi connectivity index (χ2n) is 3.20. The molecule has 0 spiro atoms. The molecule has 5 heteroatoms. The number of nitrogens with two attached hydrogens (primary N) is 1. The van der Waals surface area contributed by atoms with Gasteiger partial charge in [-0.2, -0.15) is 0 Å². The minimum absolute atomic E-state index is 0.0211. The molecule has 1 aromatic carbocycles. The Balaban J connectivity index is 3.12. The molecule has 4 nitrogen and oxygen atoms in total. The molecule has 1 rings (SSSR count). The number of aromatic hydroxyl groups is 1. The van der Waals surface area contributed by atoms with Crippen LogP contribution in [-0.4, -0.2) is 23.9 Å². The molecule has 0 bridgehead atoms. The molecule has 0 saturated carbocycles. The summed E-state index contributed by atoms with van der Waals surface area (Å²) in [7, 11) is 1.58. The number of rotatable bonds is 4. The lowest BCUT2D eigenvalue weighted by Gasteiger charge is -2.13. The number of phenols is 1. The van der Waals surface area contributed by atoms with E-state index in [0.717, 1.165) is 5.56 Å². The number of methoxy groups -OCH3 is 1. The maximum atomic E-state index is 9.69. The highest BCUT2D eigenvalue weighted by molar-refractivity contribution is 9.10. The Morgan fingerprint density at radius 2 is 2.20 bits per heavy atom. The first-order valence-electron chi connectivity index (χ1n) is 4.48. The summed E-state index contributed by atoms with van der Waals surface area (Å²) in [5.74, 6) is 0.0211. The van der Waals surface area contributed by atoms with Gasteiger partial charge in [-0.05, 0) is 33.6 Å². The van der Waals surface area contributed by atoms with Crippen molar-refractivity contribution in [1.29, 1.82) is 0 Å². The van der Waals surface area contributed by atoms with Crippen LogP contribution in [0.3, 0.4) is 0 Å². The lowest BCUT2D eigenvalue weighted by molar-refractivity contribution is 0.177. The van der Waals surface area contributed by atoms with Gasteiger partial charge in [0.15, 0.2) is 0 Å². The first-order chi connectivity index (χ1) is 7.10. The minimum atomic E-state index is -0.863. The summed E-state index contributed by atoms with van der Waals surface area (Å²) in [6.07, 6.45) is -0.863. The number of aliphatic hydroxyl groups excluding tert-OH is 1. The third kappa shape index (κ3) is 2.92. The third-order valence-corrected chi connectivity index (χ3v) is 2.65. The maximum Gasteiger partial charge on any atom is 0.135 e. The zero-order valence-corrected chi connectivity index (χ0v) is 9.99. The zero-order valence-electron chi connectivity index (χ0n) is 8.40. The van der Waals surface area contributed by atoms with Gasteiger partial charge in [-0.3, -0.25) is 0 Å². The van der Waals surface area contributed by atoms with Gasteiger partial charge in [-0.25, -0.2) is 0 Å². The number of ether oxygens (including phenoxy) is 1. The summed E-state index contributed by atoms with van der Waals surface area (Å²) in [5.41, 5.74) is 6.62. The molecular weight excluding hydrogens is 262 g/mol. The Hall–Kier alpha value is -0.620. The van der Waals surface area contributed by atoms with E-state index < -0.39 is 6.10 Å². The van der Waals surface area contributed by atoms with Crippen LogP contribution in [0, 0.1) is 0 Å². The third-order valence-electron chi connectivity index (χ3n) is 2.05. The van der Waals surface area contributed by atoms with Crippen molar-refractivity contribution >= 4 is 15.9 Å². The lowest BCUT2D eigenvalue weighted by atomic mass is 10.1. The highest BCUT2D eigenvalue weighted by Crippen LogP contribution is 2.33. The van der Waals surface area contributed by atoms with Crippen LogP contribution in [0.5, 0.6) is 5.75 Å². The molecule has 0 aliphatic rings. The molecule has 1 atom stereocenters. The summed E-state index contributed by atoms with van der Waals surface area (Å²) in [4.78, 5) is 0. The van der Waals surface area contributed by atoms with Gasteiger partial charge >= 0.3 is 0 Å². The fourth-order valence-corrected chi connectivity index (χ4v) is 1.83. The van der Waals surface area contributed by atoms with Crippen molar-refractivity contribution < 1.29 is 14.9 Å². The van der Waals surface area contributed by atoms with Gasteiger partial charge in [0.1, 0.15) is 5.75 Å². The van der Waals surface area contributed by atoms with E-state index in [4.69, 9.17) is 10.5 Å². The van der Waals surface area contributed by atoms with Gasteiger partial charge < -0.3 is 20.7 Å². The molecule has 1 unspecified atom stereocenters. The molecule has 0 radical (unpaired) electrons. The summed E-state index contributed by atoms with van der Waals surface area (Å²) in [5, 5.41) is 19.3. The van der Waals surface area contributed by atoms with E-state index in [1.807, 2.05) is 0 Å². The Bertz CT molecular complexity index is 344. The smallest absolute Gasteiger partial charge is 0.135 e. The lowest BCUT2D eigenvalue weighted by Crippen LogP contribution is -2.12. The largest absolute Gasteiger partial charge is 0.506 e. The predicted molar refractivity (Wildman–Crippen MR) is 60.5 cm³/mol. The van der Waals surface area contributed by atoms with Gasteiger partial charge in [0.2, 0.25) is 0 Å². The SMILES string of the molecule is COCc1cc(Br)c(O)c(C(O)CN)c1. The van der Waals surface area contributed by atoms with Crippen molar-refractivity contribution in [3.8, 4) is 5.75 Å². The second kappa shape index (κ2) is 5.46. The first kappa shape index (κ1) is 12.4. The fourth-order valence-electron chi connectivity index (χ4n) is 1.31. The van der Waals surface area contributed by atoms with E-state index in [2.05, 4.69) is 15.9 Å². The van der Waals surface area contributed by atoms with E-state index in [9.17, 15) is 10.2 Å². The van der Waals surface area contributed by atoms with Crippen molar-refractivity contribution in [1.82, 2.24) is 0 Å². The highest BCUT2D eigenvalue weighted by Gasteiger charge is 2.14. The molecule has 0 amide bonds. The van der Waals surface area contributed by atoms with Crippen molar-refractivity contribution in [2.75, 3.05) is 13.7 Å². The molecule has 0 aromatic heterocycles. The molecule has 15 heavy (non-hydrogen) atoms. The first-order valence-corrected chi connectivity index (χ1v) is 5.27. The number of benzene rings is 1. The zero-order chi connectivity index (χ0) is 11.4. The van der Waals surface area contributed by atoms with Gasteiger partial charge in [0, 0.05) is 19.2 Å². The van der Waals surface area contributed by atoms with Crippen LogP contribution >= 0.6 is 15.9 Å². The second-order valence-corrected chi connectivity index (χ2v) is 4.05. The molecule has 1 aromatic rings. The summed E-state index contributed by atoms with van der Waals surface area (Å²) >= 11 is 3.21. The predicted octanol–water partition coefficient (Wildman–Crippen LogP) is 1.29. The van der Waals surface area contributed by atoms with Crippen LogP contribution in [0.15, 0.2) is 16.6 Å². The van der Waals surface area contributed by atoms with Gasteiger partial charge in [-0.15, -0.1) is 0 Å². The number of aliphatic hydroxyl groups is 1. The molecule has 0 fully saturated rings. The van der Waals surface area contributed by atoms with E-state index in [-0.39, 0.29) is 12.3 Å². The molecule has 84 valence electrons. The average molecular weight is 276 g/mol. The molecule has 0 aliphatic carbocycles. The Labute approximate surface area is 96.8 Å². The van der Waals surface area contributed by atoms with Crippen molar-refractivity contribution in [2.45, 2.75) is 12.7 Å². The van der Waals surface area contributed by atoms with Gasteiger partial charge in [0.05, 0.1) is 17.2 Å². The van der Waals surface area contributed by atoms with E-state index in [1.54, 1.807) is 19.2 Å². The maximum absolute atomic E-state index is 9.69. The Kier molecular flexibility index (Phi) is 4.53. The summed E-state index contributed by atoms with van der Waals surface area (Å²) in [6, 6.07) is 3.42. The van der Waals surface area contributed by atoms with E-state index in [1.165, 1.54) is 0 Å². The van der Waals surface area contributed by atoms with Crippen LogP contribution < -0.4 is 5.73 Å². The molecule has 4 N–H and O–H groups in total. The topological polar surface area (TPSA) is 75.7 Å². The number of phenolic OH excluding ortho intramolecular Hbond substituents is 1. The van der Waals surface area contributed by atoms with Crippen LogP contribution in [0.2, 0.25) is 0 Å². The number of hydrogen-bond donors (Lipinski definition) is 3. The van der Waals surface area contributed by atoms with Gasteiger partial charge in [-0.1, -0.05) is 0 Å². The quantitative estimate of drug-likeness (QED) is 0.774. The average Bonchev–Trinajstić information content (AvgIpc) is 2.22. The van der Waals surface area contributed by atoms with Crippen molar-refractivity contribution in [3.63, 3.8) is 0 Å². The van der Waals surface area contributed by atoms with Crippen LogP contribution in [0.1, 0.15) is 17.2 Å². The molecular formula is C10H14BrNO3. The minimum Gasteiger partial charge on any atom is -0.506 e. The van der Waals surface area contributed by atoms with E-state index in [0.29, 0.717) is 16.6 Å². The standard InChI is InChI=1S/C10H14BrNO3/c1-15-5-6-2-7(9(13)4-12)10(14)8(11)3-6/h2-3,9,13-14H,4-5,12H2,1H3. The normalized spacial score (nSPS) is 12.8. The van der Waals surface area contributed by atoms with Crippen LogP contribution in [0.4, 0.5) is 0 Å². The monoisotopic (exact) mass is 275 g/mol. The van der Waals surface area contributed by atoms with E-state index >= 15 is 0 Å². The molecule has 0 heterocycles. The number of halogens is 1. The summed E-state index contributed by atoms with van der Waals surface area (Å²) < 4.78 is 5.50. The van der Waals surface area contributed by atoms with Crippen LogP contribution in [0.25, 0.3) is 0 Å². The van der Waals surface area contributed by atoms with Crippen molar-refractivity contribution in [2.24, 2.45) is 5.73 Å². The Morgan fingerprint density at radius 1 is 1.53 bits per heavy atom. The number of hydrogen-bond acceptors (Lipinski definition) is 4. The molecule has 0 aliphatic heterocycles. The summed E-state index contributed by atoms with van der Waals surface area (Å²) in [6.45, 7) is 0.486. The molecule has 0 saturated heterocycles.